The molecule has 9 heteroatoms. The number of nitrogens with zero attached hydrogens (tertiary/aromatic N) is 2. The van der Waals surface area contributed by atoms with Crippen molar-refractivity contribution >= 4 is 29.4 Å². The van der Waals surface area contributed by atoms with Crippen LogP contribution in [0.15, 0.2) is 24.3 Å². The Hall–Kier alpha value is -2.32. The second kappa shape index (κ2) is 12.4. The first-order chi connectivity index (χ1) is 14.4. The number of piperidine rings is 1. The zero-order valence-electron chi connectivity index (χ0n) is 17.0. The number of halogens is 1. The summed E-state index contributed by atoms with van der Waals surface area (Å²) in [6.45, 7) is 4.28. The highest BCUT2D eigenvalue weighted by molar-refractivity contribution is 6.30. The SMILES string of the molecule is O=C(COc1ccc(Cl)cc1)N1CCC(N2CCCCCC2)CC1.O=C(O)C(=O)O. The minimum atomic E-state index is -1.82. The number of aliphatic carboxylic acids is 2. The molecule has 2 aliphatic heterocycles. The lowest BCUT2D eigenvalue weighted by Gasteiger charge is -2.38. The van der Waals surface area contributed by atoms with Crippen LogP contribution in [-0.4, -0.2) is 76.7 Å². The maximum absolute atomic E-state index is 12.3. The number of rotatable bonds is 4. The van der Waals surface area contributed by atoms with Crippen LogP contribution in [0, 0.1) is 0 Å². The highest BCUT2D eigenvalue weighted by Gasteiger charge is 2.27. The van der Waals surface area contributed by atoms with E-state index in [0.29, 0.717) is 16.8 Å². The number of likely N-dealkylation sites (tertiary alicyclic amines) is 2. The standard InChI is InChI=1S/C19H27ClN2O2.C2H2O4/c20-16-5-7-18(8-6-16)24-15-19(23)22-13-9-17(10-14-22)21-11-3-1-2-4-12-21;3-1(4)2(5)6/h5-8,17H,1-4,9-15H2;(H,3,4)(H,5,6). The molecule has 8 nitrogen and oxygen atoms in total. The summed E-state index contributed by atoms with van der Waals surface area (Å²) < 4.78 is 5.58. The average molecular weight is 441 g/mol. The van der Waals surface area contributed by atoms with Crippen LogP contribution in [0.5, 0.6) is 5.75 Å². The first-order valence-electron chi connectivity index (χ1n) is 10.2. The molecule has 0 atom stereocenters. The average Bonchev–Trinajstić information content (AvgIpc) is 3.03. The normalized spacial score (nSPS) is 18.0. The van der Waals surface area contributed by atoms with Crippen LogP contribution in [0.25, 0.3) is 0 Å². The first kappa shape index (κ1) is 24.0. The maximum atomic E-state index is 12.3. The van der Waals surface area contributed by atoms with Crippen LogP contribution >= 0.6 is 11.6 Å². The topological polar surface area (TPSA) is 107 Å². The van der Waals surface area contributed by atoms with E-state index in [1.54, 1.807) is 24.3 Å². The molecule has 2 aliphatic rings. The van der Waals surface area contributed by atoms with Gasteiger partial charge in [-0.15, -0.1) is 0 Å². The summed E-state index contributed by atoms with van der Waals surface area (Å²) in [5, 5.41) is 15.5. The number of carbonyl (C=O) groups is 3. The van der Waals surface area contributed by atoms with E-state index in [0.717, 1.165) is 25.9 Å². The molecule has 30 heavy (non-hydrogen) atoms. The lowest BCUT2D eigenvalue weighted by molar-refractivity contribution is -0.159. The molecule has 0 radical (unpaired) electrons. The summed E-state index contributed by atoms with van der Waals surface area (Å²) in [6, 6.07) is 7.79. The summed E-state index contributed by atoms with van der Waals surface area (Å²) in [4.78, 5) is 35.1. The highest BCUT2D eigenvalue weighted by atomic mass is 35.5. The van der Waals surface area contributed by atoms with Crippen molar-refractivity contribution in [2.75, 3.05) is 32.8 Å². The maximum Gasteiger partial charge on any atom is 0.414 e. The fraction of sp³-hybridized carbons (Fsp3) is 0.571. The molecule has 0 spiro atoms. The Morgan fingerprint density at radius 1 is 0.900 bits per heavy atom. The van der Waals surface area contributed by atoms with Crippen molar-refractivity contribution < 1.29 is 29.3 Å². The Balaban J connectivity index is 0.000000469. The van der Waals surface area contributed by atoms with Gasteiger partial charge in [0, 0.05) is 24.2 Å². The quantitative estimate of drug-likeness (QED) is 0.693. The molecule has 166 valence electrons. The van der Waals surface area contributed by atoms with E-state index >= 15 is 0 Å². The van der Waals surface area contributed by atoms with Crippen LogP contribution in [-0.2, 0) is 14.4 Å². The van der Waals surface area contributed by atoms with Gasteiger partial charge in [0.1, 0.15) is 5.75 Å². The summed E-state index contributed by atoms with van der Waals surface area (Å²) in [5.74, 6) is -2.88. The van der Waals surface area contributed by atoms with Crippen molar-refractivity contribution in [1.29, 1.82) is 0 Å². The summed E-state index contributed by atoms with van der Waals surface area (Å²) in [5.41, 5.74) is 0. The minimum absolute atomic E-state index is 0.0827. The summed E-state index contributed by atoms with van der Waals surface area (Å²) in [7, 11) is 0. The fourth-order valence-electron chi connectivity index (χ4n) is 3.71. The summed E-state index contributed by atoms with van der Waals surface area (Å²) in [6.07, 6.45) is 7.58. The number of hydrogen-bond acceptors (Lipinski definition) is 5. The molecule has 2 heterocycles. The largest absolute Gasteiger partial charge is 0.484 e. The molecule has 1 aromatic carbocycles. The lowest BCUT2D eigenvalue weighted by Crippen LogP contribution is -2.48. The number of amides is 1. The van der Waals surface area contributed by atoms with Gasteiger partial charge < -0.3 is 24.7 Å². The number of benzene rings is 1. The number of ether oxygens (including phenoxy) is 1. The third-order valence-corrected chi connectivity index (χ3v) is 5.59. The molecule has 0 aromatic heterocycles. The second-order valence-corrected chi connectivity index (χ2v) is 7.85. The van der Waals surface area contributed by atoms with Crippen LogP contribution < -0.4 is 4.74 Å². The monoisotopic (exact) mass is 440 g/mol. The van der Waals surface area contributed by atoms with Gasteiger partial charge in [-0.05, 0) is 63.0 Å². The van der Waals surface area contributed by atoms with E-state index < -0.39 is 11.9 Å². The first-order valence-corrected chi connectivity index (χ1v) is 10.6. The Kier molecular flexibility index (Phi) is 9.89. The molecule has 3 rings (SSSR count). The Labute approximate surface area is 181 Å². The van der Waals surface area contributed by atoms with Gasteiger partial charge >= 0.3 is 11.9 Å². The zero-order valence-corrected chi connectivity index (χ0v) is 17.7. The Morgan fingerprint density at radius 2 is 1.43 bits per heavy atom. The van der Waals surface area contributed by atoms with E-state index in [1.807, 2.05) is 4.90 Å². The van der Waals surface area contributed by atoms with E-state index in [-0.39, 0.29) is 12.5 Å². The number of carboxylic acid groups (broad SMARTS) is 2. The third-order valence-electron chi connectivity index (χ3n) is 5.33. The van der Waals surface area contributed by atoms with Gasteiger partial charge in [0.15, 0.2) is 6.61 Å². The highest BCUT2D eigenvalue weighted by Crippen LogP contribution is 2.21. The predicted octanol–water partition coefficient (Wildman–Crippen LogP) is 2.74. The van der Waals surface area contributed by atoms with Crippen molar-refractivity contribution in [3.8, 4) is 5.75 Å². The molecular formula is C21H29ClN2O6. The predicted molar refractivity (Wildman–Crippen MR) is 112 cm³/mol. The van der Waals surface area contributed by atoms with E-state index in [1.165, 1.54) is 38.8 Å². The molecule has 1 aromatic rings. The van der Waals surface area contributed by atoms with E-state index in [4.69, 9.17) is 36.1 Å². The van der Waals surface area contributed by atoms with Gasteiger partial charge in [-0.3, -0.25) is 4.79 Å². The smallest absolute Gasteiger partial charge is 0.414 e. The zero-order chi connectivity index (χ0) is 21.9. The van der Waals surface area contributed by atoms with Gasteiger partial charge in [0.05, 0.1) is 0 Å². The van der Waals surface area contributed by atoms with Crippen LogP contribution in [0.1, 0.15) is 38.5 Å². The van der Waals surface area contributed by atoms with Crippen molar-refractivity contribution in [3.05, 3.63) is 29.3 Å². The number of carboxylic acids is 2. The van der Waals surface area contributed by atoms with Crippen LogP contribution in [0.2, 0.25) is 5.02 Å². The van der Waals surface area contributed by atoms with E-state index in [2.05, 4.69) is 4.90 Å². The van der Waals surface area contributed by atoms with E-state index in [9.17, 15) is 4.79 Å². The van der Waals surface area contributed by atoms with Crippen molar-refractivity contribution in [1.82, 2.24) is 9.80 Å². The number of carbonyl (C=O) groups excluding carboxylic acids is 1. The number of hydrogen-bond donors (Lipinski definition) is 2. The van der Waals surface area contributed by atoms with Crippen molar-refractivity contribution in [2.45, 2.75) is 44.6 Å². The van der Waals surface area contributed by atoms with Crippen molar-refractivity contribution in [3.63, 3.8) is 0 Å². The van der Waals surface area contributed by atoms with Gasteiger partial charge in [0.25, 0.3) is 5.91 Å². The molecule has 1 amide bonds. The molecule has 0 bridgehead atoms. The van der Waals surface area contributed by atoms with Crippen LogP contribution in [0.4, 0.5) is 0 Å². The molecular weight excluding hydrogens is 412 g/mol. The molecule has 0 unspecified atom stereocenters. The third kappa shape index (κ3) is 8.20. The Morgan fingerprint density at radius 3 is 1.93 bits per heavy atom. The van der Waals surface area contributed by atoms with Gasteiger partial charge in [-0.1, -0.05) is 24.4 Å². The molecule has 2 saturated heterocycles. The molecule has 2 fully saturated rings. The molecule has 2 N–H and O–H groups in total. The summed E-state index contributed by atoms with van der Waals surface area (Å²) >= 11 is 5.85. The second-order valence-electron chi connectivity index (χ2n) is 7.42. The molecule has 0 saturated carbocycles. The van der Waals surface area contributed by atoms with Crippen molar-refractivity contribution in [2.24, 2.45) is 0 Å². The van der Waals surface area contributed by atoms with Crippen LogP contribution in [0.3, 0.4) is 0 Å². The Bertz CT molecular complexity index is 684. The lowest BCUT2D eigenvalue weighted by atomic mass is 10.0. The van der Waals surface area contributed by atoms with Gasteiger partial charge in [0.2, 0.25) is 0 Å². The van der Waals surface area contributed by atoms with Gasteiger partial charge in [-0.2, -0.15) is 0 Å². The van der Waals surface area contributed by atoms with Gasteiger partial charge in [-0.25, -0.2) is 9.59 Å². The minimum Gasteiger partial charge on any atom is -0.484 e. The molecule has 0 aliphatic carbocycles. The fourth-order valence-corrected chi connectivity index (χ4v) is 3.83.